The number of amides is 1. The van der Waals surface area contributed by atoms with E-state index in [1.807, 2.05) is 0 Å². The first-order chi connectivity index (χ1) is 9.99. The van der Waals surface area contributed by atoms with Crippen molar-refractivity contribution in [2.45, 2.75) is 6.61 Å². The number of ether oxygens (including phenoxy) is 1. The molecule has 1 aromatic heterocycles. The number of nitrogens with one attached hydrogen (secondary N) is 1. The van der Waals surface area contributed by atoms with Crippen molar-refractivity contribution in [3.05, 3.63) is 53.9 Å². The SMILES string of the molecule is O=C(Nc1ccccc1OC(F)F)c1ccnc(F)c1F. The van der Waals surface area contributed by atoms with E-state index in [2.05, 4.69) is 15.0 Å². The highest BCUT2D eigenvalue weighted by molar-refractivity contribution is 6.05. The number of pyridine rings is 1. The summed E-state index contributed by atoms with van der Waals surface area (Å²) in [6.07, 6.45) is 0.912. The number of nitrogens with zero attached hydrogens (tertiary/aromatic N) is 1. The molecule has 0 radical (unpaired) electrons. The maximum absolute atomic E-state index is 13.4. The average molecular weight is 300 g/mol. The Balaban J connectivity index is 2.26. The molecule has 1 amide bonds. The predicted molar refractivity (Wildman–Crippen MR) is 65.2 cm³/mol. The highest BCUT2D eigenvalue weighted by Crippen LogP contribution is 2.26. The fourth-order valence-electron chi connectivity index (χ4n) is 1.55. The molecular weight excluding hydrogens is 292 g/mol. The topological polar surface area (TPSA) is 51.2 Å². The number of benzene rings is 1. The van der Waals surface area contributed by atoms with E-state index in [1.165, 1.54) is 24.3 Å². The summed E-state index contributed by atoms with van der Waals surface area (Å²) in [5, 5.41) is 2.17. The molecule has 8 heteroatoms. The van der Waals surface area contributed by atoms with E-state index in [9.17, 15) is 22.4 Å². The molecule has 0 atom stereocenters. The van der Waals surface area contributed by atoms with Gasteiger partial charge in [0, 0.05) is 6.20 Å². The number of alkyl halides is 2. The van der Waals surface area contributed by atoms with E-state index in [-0.39, 0.29) is 11.4 Å². The van der Waals surface area contributed by atoms with E-state index >= 15 is 0 Å². The number of aromatic nitrogens is 1. The Morgan fingerprint density at radius 1 is 1.19 bits per heavy atom. The zero-order valence-electron chi connectivity index (χ0n) is 10.3. The lowest BCUT2D eigenvalue weighted by Crippen LogP contribution is -2.16. The van der Waals surface area contributed by atoms with Crippen molar-refractivity contribution in [3.8, 4) is 5.75 Å². The first-order valence-corrected chi connectivity index (χ1v) is 5.64. The fourth-order valence-corrected chi connectivity index (χ4v) is 1.55. The average Bonchev–Trinajstić information content (AvgIpc) is 2.43. The van der Waals surface area contributed by atoms with Crippen LogP contribution in [0.4, 0.5) is 23.2 Å². The summed E-state index contributed by atoms with van der Waals surface area (Å²) in [5.41, 5.74) is -0.700. The molecule has 1 heterocycles. The lowest BCUT2D eigenvalue weighted by molar-refractivity contribution is -0.0493. The molecule has 0 saturated carbocycles. The van der Waals surface area contributed by atoms with Crippen LogP contribution < -0.4 is 10.1 Å². The van der Waals surface area contributed by atoms with Crippen LogP contribution in [0.15, 0.2) is 36.5 Å². The number of carbonyl (C=O) groups is 1. The lowest BCUT2D eigenvalue weighted by Gasteiger charge is -2.11. The Hall–Kier alpha value is -2.64. The maximum Gasteiger partial charge on any atom is 0.387 e. The molecule has 1 N–H and O–H groups in total. The number of anilines is 1. The van der Waals surface area contributed by atoms with Crippen LogP contribution in [-0.4, -0.2) is 17.5 Å². The van der Waals surface area contributed by atoms with Crippen LogP contribution in [0, 0.1) is 11.8 Å². The summed E-state index contributed by atoms with van der Waals surface area (Å²) in [5.74, 6) is -4.17. The highest BCUT2D eigenvalue weighted by atomic mass is 19.3. The predicted octanol–water partition coefficient (Wildman–Crippen LogP) is 3.21. The molecule has 0 aliphatic carbocycles. The zero-order valence-corrected chi connectivity index (χ0v) is 10.3. The zero-order chi connectivity index (χ0) is 15.4. The number of para-hydroxylation sites is 2. The van der Waals surface area contributed by atoms with E-state index in [4.69, 9.17) is 0 Å². The van der Waals surface area contributed by atoms with Gasteiger partial charge in [0.15, 0.2) is 5.82 Å². The molecule has 2 rings (SSSR count). The summed E-state index contributed by atoms with van der Waals surface area (Å²) < 4.78 is 55.0. The van der Waals surface area contributed by atoms with Gasteiger partial charge in [-0.2, -0.15) is 13.2 Å². The third-order valence-corrected chi connectivity index (χ3v) is 2.44. The molecule has 4 nitrogen and oxygen atoms in total. The molecule has 1 aromatic carbocycles. The fraction of sp³-hybridized carbons (Fsp3) is 0.0769. The lowest BCUT2D eigenvalue weighted by atomic mass is 10.2. The van der Waals surface area contributed by atoms with Gasteiger partial charge in [0.05, 0.1) is 11.3 Å². The van der Waals surface area contributed by atoms with Crippen molar-refractivity contribution in [2.75, 3.05) is 5.32 Å². The van der Waals surface area contributed by atoms with Gasteiger partial charge in [-0.25, -0.2) is 9.37 Å². The number of hydrogen-bond donors (Lipinski definition) is 1. The monoisotopic (exact) mass is 300 g/mol. The van der Waals surface area contributed by atoms with Gasteiger partial charge >= 0.3 is 6.61 Å². The van der Waals surface area contributed by atoms with Crippen molar-refractivity contribution < 1.29 is 27.1 Å². The van der Waals surface area contributed by atoms with Crippen molar-refractivity contribution in [1.82, 2.24) is 4.98 Å². The van der Waals surface area contributed by atoms with E-state index in [0.717, 1.165) is 12.3 Å². The molecule has 110 valence electrons. The quantitative estimate of drug-likeness (QED) is 0.697. The molecule has 0 saturated heterocycles. The maximum atomic E-state index is 13.4. The second kappa shape index (κ2) is 6.21. The van der Waals surface area contributed by atoms with E-state index in [1.54, 1.807) is 0 Å². The molecule has 0 aliphatic heterocycles. The van der Waals surface area contributed by atoms with E-state index < -0.39 is 29.8 Å². The largest absolute Gasteiger partial charge is 0.433 e. The number of hydrogen-bond acceptors (Lipinski definition) is 3. The van der Waals surface area contributed by atoms with Crippen molar-refractivity contribution in [3.63, 3.8) is 0 Å². The smallest absolute Gasteiger partial charge is 0.387 e. The Morgan fingerprint density at radius 2 is 1.90 bits per heavy atom. The Morgan fingerprint density at radius 3 is 2.62 bits per heavy atom. The first kappa shape index (κ1) is 14.8. The molecule has 0 unspecified atom stereocenters. The summed E-state index contributed by atoms with van der Waals surface area (Å²) >= 11 is 0. The second-order valence-electron chi connectivity index (χ2n) is 3.79. The van der Waals surface area contributed by atoms with Crippen LogP contribution in [0.2, 0.25) is 0 Å². The minimum absolute atomic E-state index is 0.0978. The van der Waals surface area contributed by atoms with Gasteiger partial charge in [-0.3, -0.25) is 4.79 Å². The normalized spacial score (nSPS) is 10.5. The molecule has 0 aliphatic rings. The third kappa shape index (κ3) is 3.47. The summed E-state index contributed by atoms with van der Waals surface area (Å²) in [7, 11) is 0. The molecule has 0 bridgehead atoms. The van der Waals surface area contributed by atoms with Crippen LogP contribution in [0.3, 0.4) is 0 Å². The van der Waals surface area contributed by atoms with E-state index in [0.29, 0.717) is 0 Å². The van der Waals surface area contributed by atoms with Crippen molar-refractivity contribution in [1.29, 1.82) is 0 Å². The highest BCUT2D eigenvalue weighted by Gasteiger charge is 2.18. The van der Waals surface area contributed by atoms with Crippen LogP contribution in [0.5, 0.6) is 5.75 Å². The van der Waals surface area contributed by atoms with Crippen LogP contribution >= 0.6 is 0 Å². The van der Waals surface area contributed by atoms with Gasteiger partial charge in [-0.1, -0.05) is 12.1 Å². The third-order valence-electron chi connectivity index (χ3n) is 2.44. The number of halogens is 4. The summed E-state index contributed by atoms with van der Waals surface area (Å²) in [4.78, 5) is 14.9. The van der Waals surface area contributed by atoms with Crippen LogP contribution in [0.1, 0.15) is 10.4 Å². The molecule has 2 aromatic rings. The minimum atomic E-state index is -3.09. The minimum Gasteiger partial charge on any atom is -0.433 e. The number of carbonyl (C=O) groups excluding carboxylic acids is 1. The number of rotatable bonds is 4. The molecule has 21 heavy (non-hydrogen) atoms. The van der Waals surface area contributed by atoms with Crippen molar-refractivity contribution in [2.24, 2.45) is 0 Å². The van der Waals surface area contributed by atoms with Crippen LogP contribution in [0.25, 0.3) is 0 Å². The van der Waals surface area contributed by atoms with Gasteiger partial charge in [0.1, 0.15) is 5.75 Å². The van der Waals surface area contributed by atoms with Crippen LogP contribution in [-0.2, 0) is 0 Å². The summed E-state index contributed by atoms with van der Waals surface area (Å²) in [6.45, 7) is -3.09. The second-order valence-corrected chi connectivity index (χ2v) is 3.79. The van der Waals surface area contributed by atoms with Crippen molar-refractivity contribution >= 4 is 11.6 Å². The van der Waals surface area contributed by atoms with Gasteiger partial charge in [0.25, 0.3) is 5.91 Å². The summed E-state index contributed by atoms with van der Waals surface area (Å²) in [6, 6.07) is 6.32. The molecule has 0 spiro atoms. The molecule has 0 fully saturated rings. The van der Waals surface area contributed by atoms with Gasteiger partial charge in [-0.15, -0.1) is 0 Å². The Bertz CT molecular complexity index is 664. The first-order valence-electron chi connectivity index (χ1n) is 5.64. The Kier molecular flexibility index (Phi) is 4.36. The van der Waals surface area contributed by atoms with Gasteiger partial charge in [-0.05, 0) is 18.2 Å². The standard InChI is InChI=1S/C13H8F4N2O2/c14-10-7(5-6-18-11(10)15)12(20)19-8-3-1-2-4-9(8)21-13(16)17/h1-6,13H,(H,19,20). The van der Waals surface area contributed by atoms with Gasteiger partial charge in [0.2, 0.25) is 5.95 Å². The molecular formula is C13H8F4N2O2. The Labute approximate surface area is 116 Å². The van der Waals surface area contributed by atoms with Gasteiger partial charge < -0.3 is 10.1 Å².